The molecule has 0 aliphatic carbocycles. The molecular weight excluding hydrogens is 256 g/mol. The highest BCUT2D eigenvalue weighted by molar-refractivity contribution is 7.98. The van der Waals surface area contributed by atoms with Gasteiger partial charge >= 0.3 is 0 Å². The summed E-state index contributed by atoms with van der Waals surface area (Å²) in [4.78, 5) is 5.07. The molecule has 0 fully saturated rings. The highest BCUT2D eigenvalue weighted by Crippen LogP contribution is 2.33. The highest BCUT2D eigenvalue weighted by atomic mass is 35.5. The lowest BCUT2D eigenvalue weighted by atomic mass is 10.3. The van der Waals surface area contributed by atoms with Gasteiger partial charge in [-0.2, -0.15) is 4.98 Å². The van der Waals surface area contributed by atoms with Crippen LogP contribution >= 0.6 is 23.4 Å². The van der Waals surface area contributed by atoms with Crippen LogP contribution in [0.15, 0.2) is 41.3 Å². The van der Waals surface area contributed by atoms with E-state index in [1.807, 2.05) is 30.5 Å². The number of para-hydroxylation sites is 1. The average Bonchev–Trinajstić information content (AvgIpc) is 2.34. The number of aromatic nitrogens is 1. The summed E-state index contributed by atoms with van der Waals surface area (Å²) in [6.45, 7) is 0. The molecule has 2 N–H and O–H groups in total. The van der Waals surface area contributed by atoms with Crippen molar-refractivity contribution in [2.24, 2.45) is 0 Å². The van der Waals surface area contributed by atoms with Gasteiger partial charge in [-0.05, 0) is 30.5 Å². The maximum absolute atomic E-state index is 5.80. The van der Waals surface area contributed by atoms with Gasteiger partial charge in [0, 0.05) is 4.90 Å². The topological polar surface area (TPSA) is 48.1 Å². The van der Waals surface area contributed by atoms with Crippen LogP contribution in [0.25, 0.3) is 0 Å². The van der Waals surface area contributed by atoms with Gasteiger partial charge in [0.1, 0.15) is 10.9 Å². The van der Waals surface area contributed by atoms with Gasteiger partial charge in [-0.1, -0.05) is 23.7 Å². The van der Waals surface area contributed by atoms with Crippen molar-refractivity contribution in [1.82, 2.24) is 4.98 Å². The molecule has 3 nitrogen and oxygen atoms in total. The zero-order chi connectivity index (χ0) is 12.3. The second-order valence-electron chi connectivity index (χ2n) is 3.28. The lowest BCUT2D eigenvalue weighted by molar-refractivity contribution is 0.455. The number of nitrogen functional groups attached to an aromatic ring is 1. The van der Waals surface area contributed by atoms with E-state index in [4.69, 9.17) is 22.1 Å². The first-order valence-electron chi connectivity index (χ1n) is 4.93. The number of thioether (sulfide) groups is 1. The predicted octanol–water partition coefficient (Wildman–Crippen LogP) is 3.83. The van der Waals surface area contributed by atoms with Gasteiger partial charge in [0.25, 0.3) is 0 Å². The van der Waals surface area contributed by atoms with E-state index in [9.17, 15) is 0 Å². The highest BCUT2D eigenvalue weighted by Gasteiger charge is 2.08. The van der Waals surface area contributed by atoms with E-state index in [1.165, 1.54) is 0 Å². The summed E-state index contributed by atoms with van der Waals surface area (Å²) < 4.78 is 5.67. The second-order valence-corrected chi connectivity index (χ2v) is 4.52. The fourth-order valence-corrected chi connectivity index (χ4v) is 1.98. The second kappa shape index (κ2) is 5.29. The summed E-state index contributed by atoms with van der Waals surface area (Å²) in [7, 11) is 0. The number of nitrogens with zero attached hydrogens (tertiary/aromatic N) is 1. The Bertz CT molecular complexity index is 534. The molecule has 0 saturated carbocycles. The fourth-order valence-electron chi connectivity index (χ4n) is 1.32. The first-order valence-corrected chi connectivity index (χ1v) is 6.54. The summed E-state index contributed by atoms with van der Waals surface area (Å²) in [5.41, 5.74) is 6.24. The average molecular weight is 267 g/mol. The smallest absolute Gasteiger partial charge is 0.244 e. The molecule has 0 aliphatic rings. The third-order valence-electron chi connectivity index (χ3n) is 2.13. The Kier molecular flexibility index (Phi) is 3.76. The molecule has 0 atom stereocenters. The molecule has 5 heteroatoms. The van der Waals surface area contributed by atoms with Crippen LogP contribution < -0.4 is 10.5 Å². The third-order valence-corrected chi connectivity index (χ3v) is 3.12. The van der Waals surface area contributed by atoms with Crippen molar-refractivity contribution in [2.75, 3.05) is 12.0 Å². The minimum Gasteiger partial charge on any atom is -0.436 e. The first-order chi connectivity index (χ1) is 8.20. The van der Waals surface area contributed by atoms with E-state index < -0.39 is 0 Å². The van der Waals surface area contributed by atoms with Gasteiger partial charge in [0.05, 0.1) is 5.69 Å². The van der Waals surface area contributed by atoms with E-state index in [-0.39, 0.29) is 0 Å². The van der Waals surface area contributed by atoms with Crippen LogP contribution in [-0.4, -0.2) is 11.2 Å². The summed E-state index contributed by atoms with van der Waals surface area (Å²) >= 11 is 7.40. The monoisotopic (exact) mass is 266 g/mol. The minimum absolute atomic E-state index is 0.332. The summed E-state index contributed by atoms with van der Waals surface area (Å²) in [6.07, 6.45) is 1.98. The molecule has 1 heterocycles. The van der Waals surface area contributed by atoms with Crippen LogP contribution in [0.3, 0.4) is 0 Å². The van der Waals surface area contributed by atoms with Crippen molar-refractivity contribution < 1.29 is 4.74 Å². The zero-order valence-electron chi connectivity index (χ0n) is 9.18. The molecule has 2 aromatic rings. The van der Waals surface area contributed by atoms with Gasteiger partial charge in [0.2, 0.25) is 5.88 Å². The Labute approximate surface area is 109 Å². The maximum atomic E-state index is 5.80. The lowest BCUT2D eigenvalue weighted by Crippen LogP contribution is -1.95. The number of hydrogen-bond donors (Lipinski definition) is 1. The van der Waals surface area contributed by atoms with E-state index in [0.717, 1.165) is 10.6 Å². The Morgan fingerprint density at radius 1 is 1.24 bits per heavy atom. The quantitative estimate of drug-likeness (QED) is 0.677. The Balaban J connectivity index is 2.34. The normalized spacial score (nSPS) is 10.2. The molecule has 17 heavy (non-hydrogen) atoms. The number of halogens is 1. The standard InChI is InChI=1S/C12H11ClN2OS/c1-17-10-5-3-2-4-9(10)16-12-8(14)6-7-11(13)15-12/h2-7H,14H2,1H3. The largest absolute Gasteiger partial charge is 0.436 e. The van der Waals surface area contributed by atoms with Crippen molar-refractivity contribution in [3.8, 4) is 11.6 Å². The molecule has 0 spiro atoms. The Hall–Kier alpha value is -1.39. The third kappa shape index (κ3) is 2.84. The molecule has 0 bridgehead atoms. The molecule has 2 rings (SSSR count). The number of anilines is 1. The van der Waals surface area contributed by atoms with Gasteiger partial charge in [-0.25, -0.2) is 0 Å². The van der Waals surface area contributed by atoms with Gasteiger partial charge in [0.15, 0.2) is 0 Å². The van der Waals surface area contributed by atoms with Crippen LogP contribution in [0.5, 0.6) is 11.6 Å². The molecule has 0 amide bonds. The lowest BCUT2D eigenvalue weighted by Gasteiger charge is -2.10. The molecular formula is C12H11ClN2OS. The van der Waals surface area contributed by atoms with Crippen LogP contribution in [0.1, 0.15) is 0 Å². The van der Waals surface area contributed by atoms with E-state index in [1.54, 1.807) is 23.9 Å². The Morgan fingerprint density at radius 3 is 2.76 bits per heavy atom. The minimum atomic E-state index is 0.332. The van der Waals surface area contributed by atoms with Gasteiger partial charge < -0.3 is 10.5 Å². The van der Waals surface area contributed by atoms with Crippen LogP contribution in [0, 0.1) is 0 Å². The molecule has 1 aromatic carbocycles. The number of rotatable bonds is 3. The molecule has 88 valence electrons. The maximum Gasteiger partial charge on any atom is 0.244 e. The zero-order valence-corrected chi connectivity index (χ0v) is 10.8. The molecule has 0 radical (unpaired) electrons. The van der Waals surface area contributed by atoms with Gasteiger partial charge in [-0.3, -0.25) is 0 Å². The van der Waals surface area contributed by atoms with Crippen molar-refractivity contribution in [2.45, 2.75) is 4.90 Å². The van der Waals surface area contributed by atoms with Crippen molar-refractivity contribution in [3.05, 3.63) is 41.6 Å². The van der Waals surface area contributed by atoms with E-state index in [0.29, 0.717) is 16.7 Å². The predicted molar refractivity (Wildman–Crippen MR) is 72.0 cm³/mol. The Morgan fingerprint density at radius 2 is 2.00 bits per heavy atom. The van der Waals surface area contributed by atoms with E-state index in [2.05, 4.69) is 4.98 Å². The number of pyridine rings is 1. The molecule has 1 aromatic heterocycles. The summed E-state index contributed by atoms with van der Waals surface area (Å²) in [5, 5.41) is 0.357. The molecule has 0 aliphatic heterocycles. The fraction of sp³-hybridized carbons (Fsp3) is 0.0833. The number of benzene rings is 1. The molecule has 0 saturated heterocycles. The van der Waals surface area contributed by atoms with Crippen LogP contribution in [-0.2, 0) is 0 Å². The first kappa shape index (κ1) is 12.1. The van der Waals surface area contributed by atoms with Crippen molar-refractivity contribution >= 4 is 29.1 Å². The number of nitrogens with two attached hydrogens (primary N) is 1. The summed E-state index contributed by atoms with van der Waals surface area (Å²) in [5.74, 6) is 1.06. The van der Waals surface area contributed by atoms with Crippen molar-refractivity contribution in [3.63, 3.8) is 0 Å². The number of hydrogen-bond acceptors (Lipinski definition) is 4. The van der Waals surface area contributed by atoms with Gasteiger partial charge in [-0.15, -0.1) is 11.8 Å². The molecule has 0 unspecified atom stereocenters. The summed E-state index contributed by atoms with van der Waals surface area (Å²) in [6, 6.07) is 11.0. The number of ether oxygens (including phenoxy) is 1. The SMILES string of the molecule is CSc1ccccc1Oc1nc(Cl)ccc1N. The van der Waals surface area contributed by atoms with Crippen LogP contribution in [0.2, 0.25) is 5.15 Å². The van der Waals surface area contributed by atoms with Crippen molar-refractivity contribution in [1.29, 1.82) is 0 Å². The van der Waals surface area contributed by atoms with Crippen LogP contribution in [0.4, 0.5) is 5.69 Å². The van der Waals surface area contributed by atoms with E-state index >= 15 is 0 Å².